The number of aliphatic hydroxyl groups excluding tert-OH is 8. The normalized spacial score (nSPS) is 41.0. The average molecular weight is 449 g/mol. The van der Waals surface area contributed by atoms with Crippen LogP contribution in [0.15, 0.2) is 0 Å². The summed E-state index contributed by atoms with van der Waals surface area (Å²) in [5, 5.41) is 74.3. The van der Waals surface area contributed by atoms with Crippen molar-refractivity contribution >= 4 is 0 Å². The van der Waals surface area contributed by atoms with Gasteiger partial charge in [0.05, 0.1) is 38.6 Å². The van der Waals surface area contributed by atoms with E-state index >= 15 is 0 Å². The number of ether oxygens (including phenoxy) is 4. The second-order valence-electron chi connectivity index (χ2n) is 6.56. The van der Waals surface area contributed by atoms with Crippen LogP contribution in [0.3, 0.4) is 0 Å². The third-order valence-electron chi connectivity index (χ3n) is 4.69. The van der Waals surface area contributed by atoms with Crippen LogP contribution in [0.1, 0.15) is 21.8 Å². The lowest BCUT2D eigenvalue weighted by molar-refractivity contribution is -0.353. The van der Waals surface area contributed by atoms with Gasteiger partial charge in [0.1, 0.15) is 30.5 Å². The quantitative estimate of drug-likeness (QED) is 0.202. The first-order chi connectivity index (χ1) is 13.3. The third kappa shape index (κ3) is 7.58. The molecule has 2 fully saturated rings. The number of methoxy groups -OCH3 is 1. The van der Waals surface area contributed by atoms with E-state index in [9.17, 15) is 30.6 Å². The maximum Gasteiger partial charge on any atom is 0.187 e. The predicted molar refractivity (Wildman–Crippen MR) is 104 cm³/mol. The Balaban J connectivity index is 0. The van der Waals surface area contributed by atoms with Crippen LogP contribution in [0.25, 0.3) is 0 Å². The molecule has 0 aromatic carbocycles. The monoisotopic (exact) mass is 448 g/mol. The van der Waals surface area contributed by atoms with Crippen LogP contribution in [0.5, 0.6) is 0 Å². The molecule has 2 heterocycles. The summed E-state index contributed by atoms with van der Waals surface area (Å²) in [4.78, 5) is 0. The molecule has 0 aliphatic carbocycles. The lowest BCUT2D eigenvalue weighted by atomic mass is 9.91. The summed E-state index contributed by atoms with van der Waals surface area (Å²) < 4.78 is 21.1. The second-order valence-corrected chi connectivity index (χ2v) is 6.56. The minimum atomic E-state index is -1.49. The zero-order valence-corrected chi connectivity index (χ0v) is 15.8. The minimum Gasteiger partial charge on any atom is -0.394 e. The SMILES string of the molecule is C.C.CO[C@@H]1O[C@@H](CO)[C@@H](O[C@@H]2OC(CO)[C@@H](C)[C@H](O)C2O)C(O)C1O.OCCO. The number of aliphatic hydroxyl groups is 8. The third-order valence-corrected chi connectivity index (χ3v) is 4.69. The molecule has 10 atom stereocenters. The Bertz CT molecular complexity index is 422. The summed E-state index contributed by atoms with van der Waals surface area (Å²) >= 11 is 0. The van der Waals surface area contributed by atoms with Gasteiger partial charge in [0.15, 0.2) is 12.6 Å². The molecule has 0 spiro atoms. The highest BCUT2D eigenvalue weighted by atomic mass is 16.7. The molecule has 2 rings (SSSR count). The Labute approximate surface area is 177 Å². The van der Waals surface area contributed by atoms with Crippen molar-refractivity contribution in [2.75, 3.05) is 33.5 Å². The van der Waals surface area contributed by atoms with Gasteiger partial charge in [-0.05, 0) is 0 Å². The molecule has 2 aliphatic rings. The predicted octanol–water partition coefficient (Wildman–Crippen LogP) is -3.22. The maximum absolute atomic E-state index is 10.2. The highest BCUT2D eigenvalue weighted by Crippen LogP contribution is 2.31. The Morgan fingerprint density at radius 1 is 0.700 bits per heavy atom. The molecule has 12 nitrogen and oxygen atoms in total. The molecule has 0 bridgehead atoms. The zero-order valence-electron chi connectivity index (χ0n) is 15.8. The molecule has 0 aromatic rings. The molecule has 2 saturated heterocycles. The first kappa shape index (κ1) is 31.7. The summed E-state index contributed by atoms with van der Waals surface area (Å²) in [6.45, 7) is 0.416. The molecule has 184 valence electrons. The van der Waals surface area contributed by atoms with Crippen molar-refractivity contribution in [3.05, 3.63) is 0 Å². The Hall–Kier alpha value is -0.480. The van der Waals surface area contributed by atoms with Gasteiger partial charge in [0, 0.05) is 13.0 Å². The van der Waals surface area contributed by atoms with Crippen molar-refractivity contribution in [2.24, 2.45) is 5.92 Å². The Morgan fingerprint density at radius 3 is 1.60 bits per heavy atom. The number of hydrogen-bond donors (Lipinski definition) is 8. The van der Waals surface area contributed by atoms with Gasteiger partial charge < -0.3 is 59.8 Å². The molecule has 0 saturated carbocycles. The number of rotatable bonds is 6. The lowest BCUT2D eigenvalue weighted by Gasteiger charge is -2.46. The van der Waals surface area contributed by atoms with Gasteiger partial charge >= 0.3 is 0 Å². The van der Waals surface area contributed by atoms with Gasteiger partial charge in [0.2, 0.25) is 0 Å². The van der Waals surface area contributed by atoms with Gasteiger partial charge in [0.25, 0.3) is 0 Å². The van der Waals surface area contributed by atoms with Crippen molar-refractivity contribution in [2.45, 2.75) is 77.1 Å². The maximum atomic E-state index is 10.2. The largest absolute Gasteiger partial charge is 0.394 e. The average Bonchev–Trinajstić information content (AvgIpc) is 2.71. The topological polar surface area (TPSA) is 199 Å². The molecule has 0 amide bonds. The fourth-order valence-corrected chi connectivity index (χ4v) is 2.96. The molecular weight excluding hydrogens is 408 g/mol. The molecule has 0 radical (unpaired) electrons. The number of hydrogen-bond acceptors (Lipinski definition) is 12. The smallest absolute Gasteiger partial charge is 0.187 e. The summed E-state index contributed by atoms with van der Waals surface area (Å²) in [5.41, 5.74) is 0. The van der Waals surface area contributed by atoms with E-state index in [0.717, 1.165) is 0 Å². The first-order valence-electron chi connectivity index (χ1n) is 8.92. The van der Waals surface area contributed by atoms with Gasteiger partial charge in [-0.25, -0.2) is 0 Å². The minimum absolute atomic E-state index is 0. The van der Waals surface area contributed by atoms with Crippen LogP contribution in [0, 0.1) is 5.92 Å². The molecule has 8 N–H and O–H groups in total. The summed E-state index contributed by atoms with van der Waals surface area (Å²) in [6, 6.07) is 0. The van der Waals surface area contributed by atoms with Crippen molar-refractivity contribution in [1.82, 2.24) is 0 Å². The van der Waals surface area contributed by atoms with E-state index in [1.807, 2.05) is 0 Å². The fraction of sp³-hybridized carbons (Fsp3) is 1.00. The highest BCUT2D eigenvalue weighted by Gasteiger charge is 2.49. The van der Waals surface area contributed by atoms with Crippen LogP contribution in [-0.4, -0.2) is 130 Å². The van der Waals surface area contributed by atoms with E-state index in [1.165, 1.54) is 7.11 Å². The van der Waals surface area contributed by atoms with Crippen LogP contribution < -0.4 is 0 Å². The first-order valence-corrected chi connectivity index (χ1v) is 8.92. The molecule has 12 heteroatoms. The van der Waals surface area contributed by atoms with E-state index in [0.29, 0.717) is 0 Å². The zero-order chi connectivity index (χ0) is 21.4. The molecule has 4 unspecified atom stereocenters. The Kier molecular flexibility index (Phi) is 16.2. The van der Waals surface area contributed by atoms with Crippen molar-refractivity contribution in [3.8, 4) is 0 Å². The summed E-state index contributed by atoms with van der Waals surface area (Å²) in [7, 11) is 1.27. The van der Waals surface area contributed by atoms with E-state index in [2.05, 4.69) is 0 Å². The van der Waals surface area contributed by atoms with Crippen molar-refractivity contribution in [3.63, 3.8) is 0 Å². The van der Waals surface area contributed by atoms with Crippen LogP contribution >= 0.6 is 0 Å². The van der Waals surface area contributed by atoms with Gasteiger partial charge in [-0.3, -0.25) is 0 Å². The molecule has 30 heavy (non-hydrogen) atoms. The highest BCUT2D eigenvalue weighted by molar-refractivity contribution is 4.93. The summed E-state index contributed by atoms with van der Waals surface area (Å²) in [6.07, 6.45) is -11.2. The van der Waals surface area contributed by atoms with Crippen LogP contribution in [0.2, 0.25) is 0 Å². The lowest BCUT2D eigenvalue weighted by Crippen LogP contribution is -2.63. The van der Waals surface area contributed by atoms with Gasteiger partial charge in [-0.2, -0.15) is 0 Å². The van der Waals surface area contributed by atoms with Crippen LogP contribution in [-0.2, 0) is 18.9 Å². The summed E-state index contributed by atoms with van der Waals surface area (Å²) in [5.74, 6) is -0.533. The van der Waals surface area contributed by atoms with Gasteiger partial charge in [-0.1, -0.05) is 21.8 Å². The fourth-order valence-electron chi connectivity index (χ4n) is 2.96. The van der Waals surface area contributed by atoms with Crippen molar-refractivity contribution in [1.29, 1.82) is 0 Å². The van der Waals surface area contributed by atoms with E-state index in [4.69, 9.17) is 29.2 Å². The van der Waals surface area contributed by atoms with Gasteiger partial charge in [-0.15, -0.1) is 0 Å². The van der Waals surface area contributed by atoms with E-state index in [-0.39, 0.29) is 28.1 Å². The van der Waals surface area contributed by atoms with E-state index in [1.54, 1.807) is 6.92 Å². The van der Waals surface area contributed by atoms with Crippen molar-refractivity contribution < 1.29 is 59.8 Å². The van der Waals surface area contributed by atoms with E-state index < -0.39 is 74.4 Å². The van der Waals surface area contributed by atoms with Crippen LogP contribution in [0.4, 0.5) is 0 Å². The standard InChI is InChI=1S/C14H26O10.C2H6O2.2CH4/c1-5-6(3-15)22-14(10(19)8(5)17)24-12-7(4-16)23-13(21-2)11(20)9(12)18;3-1-2-4;;/h5-20H,3-4H2,1-2H3;3-4H,1-2H2;2*1H4/t5-,6?,7+,8+,9?,10?,11?,12-,13-,14+;;;/m1.../s1. The second kappa shape index (κ2) is 15.3. The Morgan fingerprint density at radius 2 is 1.17 bits per heavy atom. The molecule has 0 aromatic heterocycles. The molecular formula is C18H40O12. The molecule has 2 aliphatic heterocycles.